The molecule has 19 heavy (non-hydrogen) atoms. The van der Waals surface area contributed by atoms with Gasteiger partial charge in [0.05, 0.1) is 0 Å². The Morgan fingerprint density at radius 1 is 1.05 bits per heavy atom. The number of aryl methyl sites for hydroxylation is 2. The van der Waals surface area contributed by atoms with Crippen LogP contribution < -0.4 is 10.5 Å². The van der Waals surface area contributed by atoms with Crippen LogP contribution >= 0.6 is 15.9 Å². The van der Waals surface area contributed by atoms with Crippen LogP contribution in [0.15, 0.2) is 40.9 Å². The minimum Gasteiger partial charge on any atom is -0.457 e. The first-order valence-electron chi connectivity index (χ1n) is 6.54. The van der Waals surface area contributed by atoms with E-state index < -0.39 is 0 Å². The maximum atomic E-state index is 6.00. The number of benzene rings is 2. The van der Waals surface area contributed by atoms with Crippen molar-refractivity contribution in [1.82, 2.24) is 0 Å². The second-order valence-electron chi connectivity index (χ2n) is 4.84. The van der Waals surface area contributed by atoms with Crippen molar-refractivity contribution in [2.75, 3.05) is 0 Å². The standard InChI is InChI=1S/C16H16BrNO/c17-14-6-4-13(10-18)16(9-14)19-15-7-5-11-2-1-3-12(11)8-15/h4-9H,1-3,10,18H2. The summed E-state index contributed by atoms with van der Waals surface area (Å²) < 4.78 is 7.00. The lowest BCUT2D eigenvalue weighted by atomic mass is 10.1. The van der Waals surface area contributed by atoms with Gasteiger partial charge >= 0.3 is 0 Å². The van der Waals surface area contributed by atoms with Crippen molar-refractivity contribution in [3.63, 3.8) is 0 Å². The van der Waals surface area contributed by atoms with Crippen LogP contribution in [0.2, 0.25) is 0 Å². The monoisotopic (exact) mass is 317 g/mol. The van der Waals surface area contributed by atoms with Crippen molar-refractivity contribution < 1.29 is 4.74 Å². The van der Waals surface area contributed by atoms with E-state index in [1.54, 1.807) is 0 Å². The van der Waals surface area contributed by atoms with Crippen molar-refractivity contribution in [3.05, 3.63) is 57.6 Å². The van der Waals surface area contributed by atoms with E-state index >= 15 is 0 Å². The maximum Gasteiger partial charge on any atom is 0.133 e. The van der Waals surface area contributed by atoms with E-state index in [2.05, 4.69) is 28.1 Å². The summed E-state index contributed by atoms with van der Waals surface area (Å²) in [4.78, 5) is 0. The molecule has 1 aliphatic carbocycles. The molecule has 0 radical (unpaired) electrons. The number of ether oxygens (including phenoxy) is 1. The molecule has 98 valence electrons. The second kappa shape index (κ2) is 5.35. The quantitative estimate of drug-likeness (QED) is 0.921. The molecule has 0 saturated carbocycles. The lowest BCUT2D eigenvalue weighted by Gasteiger charge is -2.11. The van der Waals surface area contributed by atoms with E-state index in [-0.39, 0.29) is 0 Å². The summed E-state index contributed by atoms with van der Waals surface area (Å²) in [7, 11) is 0. The molecule has 0 aliphatic heterocycles. The average molecular weight is 318 g/mol. The van der Waals surface area contributed by atoms with Gasteiger partial charge in [-0.3, -0.25) is 0 Å². The molecule has 0 bridgehead atoms. The topological polar surface area (TPSA) is 35.2 Å². The molecule has 0 amide bonds. The van der Waals surface area contributed by atoms with Crippen LogP contribution in [0.25, 0.3) is 0 Å². The first-order chi connectivity index (χ1) is 9.26. The fourth-order valence-electron chi connectivity index (χ4n) is 2.53. The first-order valence-corrected chi connectivity index (χ1v) is 7.34. The lowest BCUT2D eigenvalue weighted by molar-refractivity contribution is 0.475. The Balaban J connectivity index is 1.90. The molecule has 0 fully saturated rings. The molecule has 0 saturated heterocycles. The Hall–Kier alpha value is -1.32. The zero-order valence-corrected chi connectivity index (χ0v) is 12.2. The van der Waals surface area contributed by atoms with Gasteiger partial charge in [-0.25, -0.2) is 0 Å². The highest BCUT2D eigenvalue weighted by Gasteiger charge is 2.12. The third kappa shape index (κ3) is 2.67. The Morgan fingerprint density at radius 2 is 1.89 bits per heavy atom. The Morgan fingerprint density at radius 3 is 2.74 bits per heavy atom. The van der Waals surface area contributed by atoms with Crippen molar-refractivity contribution in [3.8, 4) is 11.5 Å². The molecular weight excluding hydrogens is 302 g/mol. The zero-order valence-electron chi connectivity index (χ0n) is 10.7. The average Bonchev–Trinajstić information content (AvgIpc) is 2.86. The number of hydrogen-bond acceptors (Lipinski definition) is 2. The smallest absolute Gasteiger partial charge is 0.133 e. The van der Waals surface area contributed by atoms with Gasteiger partial charge < -0.3 is 10.5 Å². The van der Waals surface area contributed by atoms with Gasteiger partial charge in [0.2, 0.25) is 0 Å². The molecule has 0 heterocycles. The summed E-state index contributed by atoms with van der Waals surface area (Å²) in [6.45, 7) is 0.480. The predicted molar refractivity (Wildman–Crippen MR) is 80.6 cm³/mol. The molecule has 2 aromatic rings. The van der Waals surface area contributed by atoms with E-state index in [1.165, 1.54) is 24.0 Å². The van der Waals surface area contributed by atoms with Crippen LogP contribution in [0.1, 0.15) is 23.1 Å². The predicted octanol–water partition coefficient (Wildman–Crippen LogP) is 4.19. The van der Waals surface area contributed by atoms with Gasteiger partial charge in [-0.1, -0.05) is 28.1 Å². The number of hydrogen-bond donors (Lipinski definition) is 1. The van der Waals surface area contributed by atoms with Gasteiger partial charge in [0, 0.05) is 16.6 Å². The fourth-order valence-corrected chi connectivity index (χ4v) is 2.87. The van der Waals surface area contributed by atoms with Gasteiger partial charge in [0.15, 0.2) is 0 Å². The minimum atomic E-state index is 0.480. The van der Waals surface area contributed by atoms with Crippen molar-refractivity contribution in [2.24, 2.45) is 5.73 Å². The normalized spacial score (nSPS) is 13.4. The molecular formula is C16H16BrNO. The largest absolute Gasteiger partial charge is 0.457 e. The molecule has 2 nitrogen and oxygen atoms in total. The fraction of sp³-hybridized carbons (Fsp3) is 0.250. The first kappa shape index (κ1) is 12.7. The summed E-state index contributed by atoms with van der Waals surface area (Å²) in [5.41, 5.74) is 9.64. The van der Waals surface area contributed by atoms with E-state index in [0.29, 0.717) is 6.54 Å². The summed E-state index contributed by atoms with van der Waals surface area (Å²) in [5.74, 6) is 1.73. The number of fused-ring (bicyclic) bond motifs is 1. The van der Waals surface area contributed by atoms with Gasteiger partial charge in [-0.2, -0.15) is 0 Å². The van der Waals surface area contributed by atoms with E-state index in [9.17, 15) is 0 Å². The molecule has 2 aromatic carbocycles. The van der Waals surface area contributed by atoms with Crippen LogP contribution in [0.3, 0.4) is 0 Å². The Kier molecular flexibility index (Phi) is 3.58. The minimum absolute atomic E-state index is 0.480. The molecule has 3 rings (SSSR count). The summed E-state index contributed by atoms with van der Waals surface area (Å²) in [6.07, 6.45) is 3.61. The number of rotatable bonds is 3. The summed E-state index contributed by atoms with van der Waals surface area (Å²) in [5, 5.41) is 0. The maximum absolute atomic E-state index is 6.00. The van der Waals surface area contributed by atoms with Crippen molar-refractivity contribution in [2.45, 2.75) is 25.8 Å². The molecule has 0 aromatic heterocycles. The number of nitrogens with two attached hydrogens (primary N) is 1. The van der Waals surface area contributed by atoms with Gasteiger partial charge in [-0.05, 0) is 54.7 Å². The van der Waals surface area contributed by atoms with Gasteiger partial charge in [-0.15, -0.1) is 0 Å². The van der Waals surface area contributed by atoms with Gasteiger partial charge in [0.25, 0.3) is 0 Å². The van der Waals surface area contributed by atoms with Crippen LogP contribution in [0.4, 0.5) is 0 Å². The van der Waals surface area contributed by atoms with Crippen LogP contribution in [0, 0.1) is 0 Å². The third-order valence-corrected chi connectivity index (χ3v) is 4.04. The molecule has 0 spiro atoms. The second-order valence-corrected chi connectivity index (χ2v) is 5.76. The molecule has 2 N–H and O–H groups in total. The lowest BCUT2D eigenvalue weighted by Crippen LogP contribution is -1.99. The number of halogens is 1. The van der Waals surface area contributed by atoms with Crippen molar-refractivity contribution >= 4 is 15.9 Å². The van der Waals surface area contributed by atoms with Crippen LogP contribution in [-0.4, -0.2) is 0 Å². The summed E-state index contributed by atoms with van der Waals surface area (Å²) >= 11 is 3.47. The highest BCUT2D eigenvalue weighted by atomic mass is 79.9. The summed E-state index contributed by atoms with van der Waals surface area (Å²) in [6, 6.07) is 12.3. The molecule has 1 aliphatic rings. The van der Waals surface area contributed by atoms with Crippen LogP contribution in [0.5, 0.6) is 11.5 Å². The molecule has 3 heteroatoms. The molecule has 0 unspecified atom stereocenters. The highest BCUT2D eigenvalue weighted by molar-refractivity contribution is 9.10. The Bertz CT molecular complexity index is 610. The van der Waals surface area contributed by atoms with Crippen LogP contribution in [-0.2, 0) is 19.4 Å². The van der Waals surface area contributed by atoms with E-state index in [0.717, 1.165) is 28.0 Å². The zero-order chi connectivity index (χ0) is 13.2. The van der Waals surface area contributed by atoms with E-state index in [4.69, 9.17) is 10.5 Å². The molecule has 0 atom stereocenters. The van der Waals surface area contributed by atoms with E-state index in [1.807, 2.05) is 24.3 Å². The van der Waals surface area contributed by atoms with Crippen molar-refractivity contribution in [1.29, 1.82) is 0 Å². The third-order valence-electron chi connectivity index (χ3n) is 3.55. The Labute approximate surface area is 121 Å². The SMILES string of the molecule is NCc1ccc(Br)cc1Oc1ccc2c(c1)CCC2. The highest BCUT2D eigenvalue weighted by Crippen LogP contribution is 2.31. The van der Waals surface area contributed by atoms with Gasteiger partial charge in [0.1, 0.15) is 11.5 Å².